The van der Waals surface area contributed by atoms with E-state index in [1.807, 2.05) is 16.7 Å². The smallest absolute Gasteiger partial charge is 0.251 e. The molecule has 0 atom stereocenters. The van der Waals surface area contributed by atoms with Crippen LogP contribution in [0.3, 0.4) is 0 Å². The lowest BCUT2D eigenvalue weighted by Gasteiger charge is -2.09. The molecule has 1 heterocycles. The van der Waals surface area contributed by atoms with E-state index in [9.17, 15) is 9.59 Å². The Kier molecular flexibility index (Phi) is 7.13. The standard InChI is InChI=1S/C20H21ClN4O3S/c1-22-19(27)13-3-6-15(7-4-13)23-18(26)12-29-20-24-16-11-14(21)5-8-17(16)25(20)9-10-28-2/h3-8,11H,9-10,12H2,1-2H3,(H,22,27)(H,23,26). The van der Waals surface area contributed by atoms with Gasteiger partial charge in [-0.15, -0.1) is 0 Å². The Bertz CT molecular complexity index is 1020. The number of anilines is 1. The lowest BCUT2D eigenvalue weighted by Crippen LogP contribution is -2.18. The van der Waals surface area contributed by atoms with Crippen molar-refractivity contribution < 1.29 is 14.3 Å². The van der Waals surface area contributed by atoms with E-state index in [0.717, 1.165) is 16.2 Å². The van der Waals surface area contributed by atoms with Crippen molar-refractivity contribution in [1.82, 2.24) is 14.9 Å². The molecule has 2 aromatic carbocycles. The number of ether oxygens (including phenoxy) is 1. The lowest BCUT2D eigenvalue weighted by atomic mass is 10.2. The van der Waals surface area contributed by atoms with E-state index in [0.29, 0.717) is 29.4 Å². The van der Waals surface area contributed by atoms with Crippen molar-refractivity contribution in [1.29, 1.82) is 0 Å². The lowest BCUT2D eigenvalue weighted by molar-refractivity contribution is -0.113. The van der Waals surface area contributed by atoms with Gasteiger partial charge in [-0.25, -0.2) is 4.98 Å². The van der Waals surface area contributed by atoms with Gasteiger partial charge in [-0.3, -0.25) is 9.59 Å². The third kappa shape index (κ3) is 5.29. The normalized spacial score (nSPS) is 10.9. The number of carbonyl (C=O) groups is 2. The molecule has 0 radical (unpaired) electrons. The Morgan fingerprint density at radius 2 is 1.97 bits per heavy atom. The predicted molar refractivity (Wildman–Crippen MR) is 116 cm³/mol. The van der Waals surface area contributed by atoms with Crippen LogP contribution in [-0.2, 0) is 16.1 Å². The number of thioether (sulfide) groups is 1. The Hall–Kier alpha value is -2.55. The van der Waals surface area contributed by atoms with Crippen LogP contribution >= 0.6 is 23.4 Å². The summed E-state index contributed by atoms with van der Waals surface area (Å²) in [7, 11) is 3.22. The number of halogens is 1. The molecule has 0 saturated heterocycles. The van der Waals surface area contributed by atoms with E-state index in [2.05, 4.69) is 15.6 Å². The van der Waals surface area contributed by atoms with Crippen molar-refractivity contribution in [2.24, 2.45) is 0 Å². The number of nitrogens with one attached hydrogen (secondary N) is 2. The number of hydrogen-bond donors (Lipinski definition) is 2. The molecule has 1 aromatic heterocycles. The summed E-state index contributed by atoms with van der Waals surface area (Å²) in [5, 5.41) is 6.73. The van der Waals surface area contributed by atoms with Crippen molar-refractivity contribution in [3.8, 4) is 0 Å². The van der Waals surface area contributed by atoms with Crippen LogP contribution in [-0.4, -0.2) is 47.9 Å². The molecule has 0 saturated carbocycles. The van der Waals surface area contributed by atoms with Gasteiger partial charge in [0.2, 0.25) is 5.91 Å². The number of fused-ring (bicyclic) bond motifs is 1. The first-order chi connectivity index (χ1) is 14.0. The number of aromatic nitrogens is 2. The Morgan fingerprint density at radius 3 is 2.66 bits per heavy atom. The molecule has 29 heavy (non-hydrogen) atoms. The summed E-state index contributed by atoms with van der Waals surface area (Å²) in [6, 6.07) is 12.3. The Labute approximate surface area is 177 Å². The first-order valence-electron chi connectivity index (χ1n) is 8.91. The van der Waals surface area contributed by atoms with E-state index in [-0.39, 0.29) is 17.6 Å². The largest absolute Gasteiger partial charge is 0.383 e. The summed E-state index contributed by atoms with van der Waals surface area (Å²) in [5.74, 6) is -0.138. The van der Waals surface area contributed by atoms with Crippen LogP contribution < -0.4 is 10.6 Å². The van der Waals surface area contributed by atoms with E-state index in [4.69, 9.17) is 16.3 Å². The van der Waals surface area contributed by atoms with Crippen LogP contribution in [0.5, 0.6) is 0 Å². The van der Waals surface area contributed by atoms with Crippen LogP contribution in [0.4, 0.5) is 5.69 Å². The minimum Gasteiger partial charge on any atom is -0.383 e. The van der Waals surface area contributed by atoms with Crippen LogP contribution in [0.25, 0.3) is 11.0 Å². The molecule has 3 rings (SSSR count). The molecule has 0 aliphatic rings. The topological polar surface area (TPSA) is 85.3 Å². The van der Waals surface area contributed by atoms with E-state index in [1.54, 1.807) is 44.5 Å². The third-order valence-electron chi connectivity index (χ3n) is 4.18. The average molecular weight is 433 g/mol. The predicted octanol–water partition coefficient (Wildman–Crippen LogP) is 3.43. The van der Waals surface area contributed by atoms with E-state index in [1.165, 1.54) is 11.8 Å². The van der Waals surface area contributed by atoms with E-state index >= 15 is 0 Å². The third-order valence-corrected chi connectivity index (χ3v) is 5.40. The number of hydrogen-bond acceptors (Lipinski definition) is 5. The van der Waals surface area contributed by atoms with Crippen molar-refractivity contribution in [2.75, 3.05) is 31.8 Å². The zero-order chi connectivity index (χ0) is 20.8. The van der Waals surface area contributed by atoms with Gasteiger partial charge in [-0.1, -0.05) is 23.4 Å². The molecule has 0 spiro atoms. The summed E-state index contributed by atoms with van der Waals surface area (Å²) in [6.07, 6.45) is 0. The van der Waals surface area contributed by atoms with Crippen molar-refractivity contribution in [3.63, 3.8) is 0 Å². The molecular formula is C20H21ClN4O3S. The van der Waals surface area contributed by atoms with Gasteiger partial charge < -0.3 is 19.9 Å². The number of imidazole rings is 1. The minimum atomic E-state index is -0.173. The summed E-state index contributed by atoms with van der Waals surface area (Å²) < 4.78 is 7.21. The SMILES string of the molecule is CNC(=O)c1ccc(NC(=O)CSc2nc3cc(Cl)ccc3n2CCOC)cc1. The molecule has 0 aliphatic carbocycles. The fraction of sp³-hybridized carbons (Fsp3) is 0.250. The number of carbonyl (C=O) groups excluding carboxylic acids is 2. The van der Waals surface area contributed by atoms with Gasteiger partial charge in [0, 0.05) is 37.0 Å². The van der Waals surface area contributed by atoms with Gasteiger partial charge in [0.1, 0.15) is 0 Å². The van der Waals surface area contributed by atoms with Crippen LogP contribution in [0.2, 0.25) is 5.02 Å². The quantitative estimate of drug-likeness (QED) is 0.533. The second-order valence-corrected chi connectivity index (χ2v) is 7.54. The average Bonchev–Trinajstić information content (AvgIpc) is 3.07. The van der Waals surface area contributed by atoms with Crippen LogP contribution in [0.1, 0.15) is 10.4 Å². The van der Waals surface area contributed by atoms with Gasteiger partial charge in [0.25, 0.3) is 5.91 Å². The fourth-order valence-corrected chi connectivity index (χ4v) is 3.77. The highest BCUT2D eigenvalue weighted by molar-refractivity contribution is 7.99. The number of rotatable bonds is 8. The van der Waals surface area contributed by atoms with Gasteiger partial charge in [-0.05, 0) is 42.5 Å². The molecule has 3 aromatic rings. The molecule has 152 valence electrons. The highest BCUT2D eigenvalue weighted by Crippen LogP contribution is 2.26. The van der Waals surface area contributed by atoms with Crippen molar-refractivity contribution in [2.45, 2.75) is 11.7 Å². The number of nitrogens with zero attached hydrogens (tertiary/aromatic N) is 2. The molecule has 9 heteroatoms. The van der Waals surface area contributed by atoms with Crippen LogP contribution in [0, 0.1) is 0 Å². The number of methoxy groups -OCH3 is 1. The van der Waals surface area contributed by atoms with E-state index < -0.39 is 0 Å². The van der Waals surface area contributed by atoms with Gasteiger partial charge in [-0.2, -0.15) is 0 Å². The first kappa shape index (κ1) is 21.2. The molecular weight excluding hydrogens is 412 g/mol. The molecule has 0 unspecified atom stereocenters. The minimum absolute atomic E-state index is 0.161. The molecule has 0 fully saturated rings. The summed E-state index contributed by atoms with van der Waals surface area (Å²) in [5.41, 5.74) is 2.88. The molecule has 0 bridgehead atoms. The fourth-order valence-electron chi connectivity index (χ4n) is 2.77. The maximum atomic E-state index is 12.4. The summed E-state index contributed by atoms with van der Waals surface area (Å²) in [4.78, 5) is 28.5. The number of amides is 2. The first-order valence-corrected chi connectivity index (χ1v) is 10.3. The van der Waals surface area contributed by atoms with Crippen molar-refractivity contribution >= 4 is 51.9 Å². The van der Waals surface area contributed by atoms with Gasteiger partial charge >= 0.3 is 0 Å². The zero-order valence-corrected chi connectivity index (χ0v) is 17.6. The Balaban J connectivity index is 1.67. The monoisotopic (exact) mass is 432 g/mol. The van der Waals surface area contributed by atoms with Crippen LogP contribution in [0.15, 0.2) is 47.6 Å². The van der Waals surface area contributed by atoms with Gasteiger partial charge in [0.15, 0.2) is 5.16 Å². The maximum Gasteiger partial charge on any atom is 0.251 e. The molecule has 2 N–H and O–H groups in total. The zero-order valence-electron chi connectivity index (χ0n) is 16.1. The highest BCUT2D eigenvalue weighted by atomic mass is 35.5. The van der Waals surface area contributed by atoms with Crippen molar-refractivity contribution in [3.05, 3.63) is 53.1 Å². The second-order valence-electron chi connectivity index (χ2n) is 6.17. The van der Waals surface area contributed by atoms with Gasteiger partial charge in [0.05, 0.1) is 23.4 Å². The second kappa shape index (κ2) is 9.78. The number of benzene rings is 2. The summed E-state index contributed by atoms with van der Waals surface area (Å²) in [6.45, 7) is 1.16. The molecule has 2 amide bonds. The molecule has 0 aliphatic heterocycles. The Morgan fingerprint density at radius 1 is 1.21 bits per heavy atom. The summed E-state index contributed by atoms with van der Waals surface area (Å²) >= 11 is 7.42. The highest BCUT2D eigenvalue weighted by Gasteiger charge is 2.14. The molecule has 7 nitrogen and oxygen atoms in total. The maximum absolute atomic E-state index is 12.4.